The van der Waals surface area contributed by atoms with Crippen molar-refractivity contribution in [2.45, 2.75) is 6.42 Å². The van der Waals surface area contributed by atoms with Crippen LogP contribution in [0.15, 0.2) is 42.5 Å². The van der Waals surface area contributed by atoms with Gasteiger partial charge in [0.05, 0.1) is 5.56 Å². The van der Waals surface area contributed by atoms with E-state index in [0.717, 1.165) is 5.56 Å². The number of nitrogens with one attached hydrogen (secondary N) is 1. The molecule has 6 nitrogen and oxygen atoms in total. The van der Waals surface area contributed by atoms with Gasteiger partial charge in [0.25, 0.3) is 5.91 Å². The maximum Gasteiger partial charge on any atom is 0.335 e. The number of benzene rings is 1. The number of aromatic nitrogens is 1. The third-order valence-corrected chi connectivity index (χ3v) is 2.95. The Morgan fingerprint density at radius 3 is 2.62 bits per heavy atom. The van der Waals surface area contributed by atoms with Crippen LogP contribution in [-0.4, -0.2) is 28.5 Å². The molecule has 4 N–H and O–H groups in total. The van der Waals surface area contributed by atoms with Crippen molar-refractivity contribution in [2.24, 2.45) is 5.73 Å². The molecule has 0 fully saturated rings. The summed E-state index contributed by atoms with van der Waals surface area (Å²) in [6, 6.07) is 11.8. The first-order valence-corrected chi connectivity index (χ1v) is 6.40. The van der Waals surface area contributed by atoms with Crippen molar-refractivity contribution in [1.82, 2.24) is 4.98 Å². The summed E-state index contributed by atoms with van der Waals surface area (Å²) in [4.78, 5) is 26.2. The smallest absolute Gasteiger partial charge is 0.335 e. The number of nitrogens with zero attached hydrogens (tertiary/aromatic N) is 1. The van der Waals surface area contributed by atoms with E-state index in [9.17, 15) is 9.59 Å². The molecule has 0 atom stereocenters. The van der Waals surface area contributed by atoms with Crippen LogP contribution < -0.4 is 11.1 Å². The normalized spacial score (nSPS) is 10.1. The van der Waals surface area contributed by atoms with Crippen LogP contribution in [0.25, 0.3) is 0 Å². The second-order valence-corrected chi connectivity index (χ2v) is 4.41. The Hall–Kier alpha value is -2.89. The molecule has 1 aromatic carbocycles. The molecular weight excluding hydrogens is 270 g/mol. The van der Waals surface area contributed by atoms with Crippen molar-refractivity contribution >= 4 is 17.7 Å². The van der Waals surface area contributed by atoms with Crippen molar-refractivity contribution < 1.29 is 14.7 Å². The van der Waals surface area contributed by atoms with Gasteiger partial charge in [0.15, 0.2) is 0 Å². The van der Waals surface area contributed by atoms with Gasteiger partial charge in [0.2, 0.25) is 0 Å². The number of hydrogen-bond donors (Lipinski definition) is 3. The van der Waals surface area contributed by atoms with Crippen molar-refractivity contribution in [3.05, 3.63) is 59.3 Å². The lowest BCUT2D eigenvalue weighted by Crippen LogP contribution is -2.15. The van der Waals surface area contributed by atoms with E-state index in [1.807, 2.05) is 0 Å². The molecule has 1 aromatic heterocycles. The molecular formula is C15H15N3O3. The fourth-order valence-corrected chi connectivity index (χ4v) is 1.94. The molecule has 0 unspecified atom stereocenters. The number of carboxylic acid groups (broad SMARTS) is 1. The fourth-order valence-electron chi connectivity index (χ4n) is 1.94. The standard InChI is InChI=1S/C15H15N3O3/c16-14(19)12-6-3-7-13(18-12)17-9-8-10-4-1-2-5-11(10)15(20)21/h1-7H,8-9H2,(H2,16,19)(H,17,18)(H,20,21). The zero-order valence-electron chi connectivity index (χ0n) is 11.2. The van der Waals surface area contributed by atoms with Crippen LogP contribution in [0.3, 0.4) is 0 Å². The molecule has 21 heavy (non-hydrogen) atoms. The Labute approximate surface area is 121 Å². The van der Waals surface area contributed by atoms with Crippen LogP contribution in [-0.2, 0) is 6.42 Å². The molecule has 6 heteroatoms. The summed E-state index contributed by atoms with van der Waals surface area (Å²) < 4.78 is 0. The number of aromatic carboxylic acids is 1. The van der Waals surface area contributed by atoms with Gasteiger partial charge in [-0.05, 0) is 30.2 Å². The largest absolute Gasteiger partial charge is 0.478 e. The van der Waals surface area contributed by atoms with Crippen LogP contribution in [0, 0.1) is 0 Å². The van der Waals surface area contributed by atoms with Gasteiger partial charge in [0, 0.05) is 6.54 Å². The minimum Gasteiger partial charge on any atom is -0.478 e. The molecule has 1 amide bonds. The Morgan fingerprint density at radius 2 is 1.90 bits per heavy atom. The van der Waals surface area contributed by atoms with Gasteiger partial charge < -0.3 is 16.2 Å². The number of rotatable bonds is 6. The molecule has 0 bridgehead atoms. The second-order valence-electron chi connectivity index (χ2n) is 4.41. The highest BCUT2D eigenvalue weighted by Crippen LogP contribution is 2.10. The molecule has 0 spiro atoms. The molecule has 0 aliphatic rings. The maximum atomic E-state index is 11.1. The lowest BCUT2D eigenvalue weighted by atomic mass is 10.0. The molecule has 0 radical (unpaired) electrons. The number of anilines is 1. The third-order valence-electron chi connectivity index (χ3n) is 2.95. The zero-order chi connectivity index (χ0) is 15.2. The number of carbonyl (C=O) groups is 2. The predicted molar refractivity (Wildman–Crippen MR) is 78.3 cm³/mol. The van der Waals surface area contributed by atoms with Crippen LogP contribution in [0.4, 0.5) is 5.82 Å². The van der Waals surface area contributed by atoms with Crippen molar-refractivity contribution in [3.8, 4) is 0 Å². The first kappa shape index (κ1) is 14.5. The summed E-state index contributed by atoms with van der Waals surface area (Å²) in [5.41, 5.74) is 6.38. The average molecular weight is 285 g/mol. The highest BCUT2D eigenvalue weighted by Gasteiger charge is 2.08. The lowest BCUT2D eigenvalue weighted by molar-refractivity contribution is 0.0695. The third kappa shape index (κ3) is 3.79. The van der Waals surface area contributed by atoms with Gasteiger partial charge >= 0.3 is 5.97 Å². The number of carbonyl (C=O) groups excluding carboxylic acids is 1. The topological polar surface area (TPSA) is 105 Å². The summed E-state index contributed by atoms with van der Waals surface area (Å²) in [7, 11) is 0. The quantitative estimate of drug-likeness (QED) is 0.746. The van der Waals surface area contributed by atoms with E-state index in [0.29, 0.717) is 18.8 Å². The number of hydrogen-bond acceptors (Lipinski definition) is 4. The van der Waals surface area contributed by atoms with Gasteiger partial charge in [0.1, 0.15) is 11.5 Å². The van der Waals surface area contributed by atoms with Crippen LogP contribution >= 0.6 is 0 Å². The molecule has 0 saturated carbocycles. The minimum atomic E-state index is -0.945. The molecule has 108 valence electrons. The molecule has 0 saturated heterocycles. The van der Waals surface area contributed by atoms with E-state index in [1.54, 1.807) is 36.4 Å². The van der Waals surface area contributed by atoms with E-state index in [4.69, 9.17) is 10.8 Å². The van der Waals surface area contributed by atoms with Gasteiger partial charge in [-0.3, -0.25) is 4.79 Å². The van der Waals surface area contributed by atoms with Gasteiger partial charge in [-0.2, -0.15) is 0 Å². The fraction of sp³-hybridized carbons (Fsp3) is 0.133. The van der Waals surface area contributed by atoms with E-state index < -0.39 is 11.9 Å². The Morgan fingerprint density at radius 1 is 1.14 bits per heavy atom. The van der Waals surface area contributed by atoms with Gasteiger partial charge in [-0.1, -0.05) is 24.3 Å². The Kier molecular flexibility index (Phi) is 4.50. The van der Waals surface area contributed by atoms with E-state index in [-0.39, 0.29) is 11.3 Å². The first-order chi connectivity index (χ1) is 10.1. The SMILES string of the molecule is NC(=O)c1cccc(NCCc2ccccc2C(=O)O)n1. The highest BCUT2D eigenvalue weighted by molar-refractivity contribution is 5.91. The monoisotopic (exact) mass is 285 g/mol. The summed E-state index contributed by atoms with van der Waals surface area (Å²) in [5.74, 6) is -1.01. The van der Waals surface area contributed by atoms with Crippen molar-refractivity contribution in [3.63, 3.8) is 0 Å². The summed E-state index contributed by atoms with van der Waals surface area (Å²) in [6.45, 7) is 0.500. The number of amides is 1. The number of pyridine rings is 1. The molecule has 0 aliphatic heterocycles. The summed E-state index contributed by atoms with van der Waals surface area (Å²) in [5, 5.41) is 12.1. The van der Waals surface area contributed by atoms with Crippen LogP contribution in [0.1, 0.15) is 26.4 Å². The van der Waals surface area contributed by atoms with Gasteiger partial charge in [-0.15, -0.1) is 0 Å². The number of nitrogens with two attached hydrogens (primary N) is 1. The Balaban J connectivity index is 2.00. The summed E-state index contributed by atoms with van der Waals surface area (Å²) in [6.07, 6.45) is 0.533. The zero-order valence-corrected chi connectivity index (χ0v) is 11.2. The Bertz CT molecular complexity index is 671. The minimum absolute atomic E-state index is 0.186. The van der Waals surface area contributed by atoms with E-state index in [1.165, 1.54) is 6.07 Å². The summed E-state index contributed by atoms with van der Waals surface area (Å²) >= 11 is 0. The molecule has 0 aliphatic carbocycles. The maximum absolute atomic E-state index is 11.1. The van der Waals surface area contributed by atoms with Gasteiger partial charge in [-0.25, -0.2) is 9.78 Å². The van der Waals surface area contributed by atoms with Crippen LogP contribution in [0.2, 0.25) is 0 Å². The molecule has 2 rings (SSSR count). The number of carboxylic acids is 1. The lowest BCUT2D eigenvalue weighted by Gasteiger charge is -2.08. The first-order valence-electron chi connectivity index (χ1n) is 6.40. The number of primary amides is 1. The second kappa shape index (κ2) is 6.51. The van der Waals surface area contributed by atoms with E-state index in [2.05, 4.69) is 10.3 Å². The van der Waals surface area contributed by atoms with Crippen molar-refractivity contribution in [2.75, 3.05) is 11.9 Å². The predicted octanol–water partition coefficient (Wildman–Crippen LogP) is 1.53. The molecule has 1 heterocycles. The van der Waals surface area contributed by atoms with Crippen molar-refractivity contribution in [1.29, 1.82) is 0 Å². The average Bonchev–Trinajstić information content (AvgIpc) is 2.48. The van der Waals surface area contributed by atoms with E-state index >= 15 is 0 Å². The molecule has 2 aromatic rings. The highest BCUT2D eigenvalue weighted by atomic mass is 16.4. The van der Waals surface area contributed by atoms with Crippen LogP contribution in [0.5, 0.6) is 0 Å².